The SMILES string of the molecule is O=C(NCCO)C1=C[C@H](Oc2ccccc2I)[C@@H](O)[C@H](N(C(=O)C2CCC2)C2CCCCCC2)C1. The van der Waals surface area contributed by atoms with Gasteiger partial charge in [0, 0.05) is 30.5 Å². The van der Waals surface area contributed by atoms with E-state index >= 15 is 0 Å². The van der Waals surface area contributed by atoms with Gasteiger partial charge in [0.05, 0.1) is 16.2 Å². The van der Waals surface area contributed by atoms with Crippen molar-refractivity contribution >= 4 is 34.4 Å². The number of hydrogen-bond acceptors (Lipinski definition) is 5. The van der Waals surface area contributed by atoms with Crippen LogP contribution in [0.1, 0.15) is 64.2 Å². The number of carbonyl (C=O) groups is 2. The summed E-state index contributed by atoms with van der Waals surface area (Å²) in [5.41, 5.74) is 0.490. The lowest BCUT2D eigenvalue weighted by Gasteiger charge is -2.46. The number of halogens is 1. The highest BCUT2D eigenvalue weighted by Gasteiger charge is 2.45. The fourth-order valence-electron chi connectivity index (χ4n) is 5.45. The maximum Gasteiger partial charge on any atom is 0.247 e. The summed E-state index contributed by atoms with van der Waals surface area (Å²) in [5.74, 6) is 0.481. The molecule has 3 N–H and O–H groups in total. The summed E-state index contributed by atoms with van der Waals surface area (Å²) in [7, 11) is 0. The smallest absolute Gasteiger partial charge is 0.247 e. The van der Waals surface area contributed by atoms with E-state index in [0.717, 1.165) is 48.5 Å². The lowest BCUT2D eigenvalue weighted by Crippen LogP contribution is -2.59. The van der Waals surface area contributed by atoms with Crippen LogP contribution >= 0.6 is 22.6 Å². The fourth-order valence-corrected chi connectivity index (χ4v) is 5.97. The predicted octanol–water partition coefficient (Wildman–Crippen LogP) is 3.56. The van der Waals surface area contributed by atoms with Gasteiger partial charge in [-0.3, -0.25) is 9.59 Å². The highest BCUT2D eigenvalue weighted by molar-refractivity contribution is 14.1. The quantitative estimate of drug-likeness (QED) is 0.315. The van der Waals surface area contributed by atoms with Gasteiger partial charge in [0.15, 0.2) is 0 Å². The average Bonchev–Trinajstić information content (AvgIpc) is 3.09. The predicted molar refractivity (Wildman–Crippen MR) is 142 cm³/mol. The Morgan fingerprint density at radius 2 is 1.77 bits per heavy atom. The van der Waals surface area contributed by atoms with Crippen molar-refractivity contribution in [1.29, 1.82) is 0 Å². The van der Waals surface area contributed by atoms with Crippen LogP contribution in [0.25, 0.3) is 0 Å². The number of hydrogen-bond donors (Lipinski definition) is 3. The van der Waals surface area contributed by atoms with Gasteiger partial charge in [-0.25, -0.2) is 0 Å². The summed E-state index contributed by atoms with van der Waals surface area (Å²) in [6, 6.07) is 7.11. The van der Waals surface area contributed by atoms with E-state index in [0.29, 0.717) is 11.3 Å². The Morgan fingerprint density at radius 3 is 2.40 bits per heavy atom. The molecule has 0 unspecified atom stereocenters. The van der Waals surface area contributed by atoms with Crippen molar-refractivity contribution in [1.82, 2.24) is 10.2 Å². The molecule has 0 saturated heterocycles. The molecule has 4 rings (SSSR count). The fraction of sp³-hybridized carbons (Fsp3) is 0.630. The van der Waals surface area contributed by atoms with E-state index in [1.54, 1.807) is 6.08 Å². The van der Waals surface area contributed by atoms with E-state index < -0.39 is 18.2 Å². The second-order valence-corrected chi connectivity index (χ2v) is 11.1. The molecule has 1 aromatic carbocycles. The number of nitrogens with zero attached hydrogens (tertiary/aromatic N) is 1. The second-order valence-electron chi connectivity index (χ2n) is 9.97. The standard InChI is InChI=1S/C27H37IN2O5/c28-21-12-5-6-13-23(21)35-24-17-19(26(33)29-14-15-31)16-22(25(24)32)30(27(34)18-8-7-9-18)20-10-3-1-2-4-11-20/h5-6,12-13,17-18,20,22,24-25,31-32H,1-4,7-11,14-16H2,(H,29,33)/t22-,24+,25+/m1/s1. The molecule has 0 aliphatic heterocycles. The van der Waals surface area contributed by atoms with Gasteiger partial charge in [0.25, 0.3) is 0 Å². The van der Waals surface area contributed by atoms with Gasteiger partial charge < -0.3 is 25.2 Å². The molecule has 0 heterocycles. The van der Waals surface area contributed by atoms with Gasteiger partial charge >= 0.3 is 0 Å². The van der Waals surface area contributed by atoms with E-state index in [1.165, 1.54) is 12.8 Å². The minimum absolute atomic E-state index is 0.0115. The van der Waals surface area contributed by atoms with Gasteiger partial charge in [0.1, 0.15) is 18.0 Å². The summed E-state index contributed by atoms with van der Waals surface area (Å²) < 4.78 is 7.16. The van der Waals surface area contributed by atoms with Crippen molar-refractivity contribution in [2.45, 2.75) is 88.5 Å². The van der Waals surface area contributed by atoms with Crippen LogP contribution in [0, 0.1) is 9.49 Å². The molecule has 3 aliphatic carbocycles. The van der Waals surface area contributed by atoms with Crippen LogP contribution in [-0.4, -0.2) is 64.4 Å². The number of aliphatic hydroxyl groups excluding tert-OH is 2. The van der Waals surface area contributed by atoms with Crippen molar-refractivity contribution in [3.05, 3.63) is 39.5 Å². The molecular formula is C27H37IN2O5. The highest BCUT2D eigenvalue weighted by Crippen LogP contribution is 2.37. The summed E-state index contributed by atoms with van der Waals surface area (Å²) in [4.78, 5) is 28.7. The van der Waals surface area contributed by atoms with Crippen molar-refractivity contribution in [3.8, 4) is 5.75 Å². The van der Waals surface area contributed by atoms with Crippen LogP contribution in [0.5, 0.6) is 5.75 Å². The molecule has 3 aliphatic rings. The van der Waals surface area contributed by atoms with Gasteiger partial charge in [-0.05, 0) is 66.5 Å². The maximum atomic E-state index is 13.8. The summed E-state index contributed by atoms with van der Waals surface area (Å²) >= 11 is 2.19. The monoisotopic (exact) mass is 596 g/mol. The molecule has 8 heteroatoms. The summed E-state index contributed by atoms with van der Waals surface area (Å²) in [6.07, 6.45) is 9.45. The molecule has 2 saturated carbocycles. The number of benzene rings is 1. The topological polar surface area (TPSA) is 99.1 Å². The van der Waals surface area contributed by atoms with Crippen molar-refractivity contribution in [3.63, 3.8) is 0 Å². The first kappa shape index (κ1) is 26.4. The number of para-hydroxylation sites is 1. The van der Waals surface area contributed by atoms with Crippen molar-refractivity contribution < 1.29 is 24.5 Å². The molecule has 1 aromatic rings. The number of aliphatic hydroxyl groups is 2. The van der Waals surface area contributed by atoms with Crippen LogP contribution in [-0.2, 0) is 9.59 Å². The average molecular weight is 597 g/mol. The lowest BCUT2D eigenvalue weighted by atomic mass is 9.81. The van der Waals surface area contributed by atoms with Crippen LogP contribution < -0.4 is 10.1 Å². The zero-order valence-corrected chi connectivity index (χ0v) is 22.4. The van der Waals surface area contributed by atoms with Gasteiger partial charge in [-0.2, -0.15) is 0 Å². The number of rotatable bonds is 8. The maximum absolute atomic E-state index is 13.8. The molecule has 7 nitrogen and oxygen atoms in total. The first-order valence-electron chi connectivity index (χ1n) is 13.0. The second kappa shape index (κ2) is 12.5. The largest absolute Gasteiger partial charge is 0.482 e. The zero-order chi connectivity index (χ0) is 24.8. The molecule has 0 spiro atoms. The van der Waals surface area contributed by atoms with Gasteiger partial charge in [-0.15, -0.1) is 0 Å². The molecule has 0 bridgehead atoms. The molecule has 0 radical (unpaired) electrons. The molecule has 35 heavy (non-hydrogen) atoms. The lowest BCUT2D eigenvalue weighted by molar-refractivity contribution is -0.149. The van der Waals surface area contributed by atoms with Crippen molar-refractivity contribution in [2.24, 2.45) is 5.92 Å². The van der Waals surface area contributed by atoms with E-state index in [9.17, 15) is 19.8 Å². The number of amides is 2. The first-order valence-corrected chi connectivity index (χ1v) is 14.1. The minimum atomic E-state index is -0.951. The van der Waals surface area contributed by atoms with E-state index in [-0.39, 0.29) is 43.3 Å². The summed E-state index contributed by atoms with van der Waals surface area (Å²) in [5, 5.41) is 23.5. The Morgan fingerprint density at radius 1 is 1.06 bits per heavy atom. The third kappa shape index (κ3) is 6.38. The third-order valence-electron chi connectivity index (χ3n) is 7.60. The Kier molecular flexibility index (Phi) is 9.46. The zero-order valence-electron chi connectivity index (χ0n) is 20.2. The van der Waals surface area contributed by atoms with E-state index in [2.05, 4.69) is 27.9 Å². The molecule has 0 aromatic heterocycles. The van der Waals surface area contributed by atoms with Gasteiger partial charge in [-0.1, -0.05) is 44.2 Å². The molecular weight excluding hydrogens is 559 g/mol. The molecule has 2 amide bonds. The van der Waals surface area contributed by atoms with Crippen LogP contribution in [0.3, 0.4) is 0 Å². The van der Waals surface area contributed by atoms with Gasteiger partial charge in [0.2, 0.25) is 11.8 Å². The van der Waals surface area contributed by atoms with Crippen LogP contribution in [0.4, 0.5) is 0 Å². The van der Waals surface area contributed by atoms with Crippen molar-refractivity contribution in [2.75, 3.05) is 13.2 Å². The normalized spacial score (nSPS) is 25.7. The Balaban J connectivity index is 1.66. The number of nitrogens with one attached hydrogen (secondary N) is 1. The van der Waals surface area contributed by atoms with Crippen LogP contribution in [0.2, 0.25) is 0 Å². The molecule has 192 valence electrons. The first-order chi connectivity index (χ1) is 17.0. The highest BCUT2D eigenvalue weighted by atomic mass is 127. The number of carbonyl (C=O) groups excluding carboxylic acids is 2. The Labute approximate surface area is 221 Å². The molecule has 2 fully saturated rings. The molecule has 3 atom stereocenters. The Hall–Kier alpha value is -1.65. The van der Waals surface area contributed by atoms with E-state index in [4.69, 9.17) is 4.74 Å². The van der Waals surface area contributed by atoms with E-state index in [1.807, 2.05) is 29.2 Å². The summed E-state index contributed by atoms with van der Waals surface area (Å²) in [6.45, 7) is 0.000419. The third-order valence-corrected chi connectivity index (χ3v) is 8.49. The number of ether oxygens (including phenoxy) is 1. The Bertz CT molecular complexity index is 911. The van der Waals surface area contributed by atoms with Crippen LogP contribution in [0.15, 0.2) is 35.9 Å². The minimum Gasteiger partial charge on any atom is -0.482 e.